The van der Waals surface area contributed by atoms with E-state index < -0.39 is 0 Å². The van der Waals surface area contributed by atoms with Gasteiger partial charge in [-0.3, -0.25) is 9.69 Å². The van der Waals surface area contributed by atoms with E-state index in [1.165, 1.54) is 11.8 Å². The van der Waals surface area contributed by atoms with Gasteiger partial charge in [0.1, 0.15) is 15.8 Å². The molecule has 2 aliphatic rings. The molecule has 2 aromatic carbocycles. The summed E-state index contributed by atoms with van der Waals surface area (Å²) in [5.41, 5.74) is 4.65. The second kappa shape index (κ2) is 10.4. The zero-order valence-electron chi connectivity index (χ0n) is 19.8. The first-order valence-electron chi connectivity index (χ1n) is 11.8. The normalized spacial score (nSPS) is 19.2. The molecular weight excluding hydrogens is 478 g/mol. The molecule has 35 heavy (non-hydrogen) atoms. The Morgan fingerprint density at radius 2 is 2.09 bits per heavy atom. The molecule has 1 aromatic heterocycles. The molecular formula is C27H27N3O3S2. The van der Waals surface area contributed by atoms with Crippen molar-refractivity contribution in [3.63, 3.8) is 0 Å². The molecule has 1 atom stereocenters. The van der Waals surface area contributed by atoms with Crippen molar-refractivity contribution in [3.05, 3.63) is 70.8 Å². The lowest BCUT2D eigenvalue weighted by Crippen LogP contribution is -2.35. The number of hydrogen-bond acceptors (Lipinski definition) is 6. The highest BCUT2D eigenvalue weighted by Gasteiger charge is 2.35. The molecule has 0 spiro atoms. The first-order valence-corrected chi connectivity index (χ1v) is 13.0. The Kier molecular flexibility index (Phi) is 7.04. The van der Waals surface area contributed by atoms with Crippen LogP contribution in [0.25, 0.3) is 23.0 Å². The van der Waals surface area contributed by atoms with Crippen molar-refractivity contribution >= 4 is 40.3 Å². The third-order valence-corrected chi connectivity index (χ3v) is 7.48. The molecule has 0 unspecified atom stereocenters. The van der Waals surface area contributed by atoms with Gasteiger partial charge in [0, 0.05) is 23.9 Å². The Labute approximate surface area is 214 Å². The predicted octanol–water partition coefficient (Wildman–Crippen LogP) is 5.63. The number of ether oxygens (including phenoxy) is 2. The molecule has 3 heterocycles. The van der Waals surface area contributed by atoms with Gasteiger partial charge in [0.2, 0.25) is 0 Å². The molecule has 2 fully saturated rings. The van der Waals surface area contributed by atoms with E-state index in [-0.39, 0.29) is 12.0 Å². The van der Waals surface area contributed by atoms with E-state index in [2.05, 4.69) is 0 Å². The average molecular weight is 506 g/mol. The van der Waals surface area contributed by atoms with Crippen molar-refractivity contribution < 1.29 is 14.3 Å². The lowest BCUT2D eigenvalue weighted by atomic mass is 10.0. The minimum Gasteiger partial charge on any atom is -0.494 e. The summed E-state index contributed by atoms with van der Waals surface area (Å²) in [7, 11) is 0. The lowest BCUT2D eigenvalue weighted by molar-refractivity contribution is -0.123. The predicted molar refractivity (Wildman–Crippen MR) is 144 cm³/mol. The van der Waals surface area contributed by atoms with Crippen LogP contribution in [0, 0.1) is 6.92 Å². The number of amides is 1. The maximum Gasteiger partial charge on any atom is 0.266 e. The Morgan fingerprint density at radius 1 is 1.26 bits per heavy atom. The molecule has 0 aliphatic carbocycles. The van der Waals surface area contributed by atoms with E-state index in [1.807, 2.05) is 79.3 Å². The minimum absolute atomic E-state index is 0.0553. The maximum atomic E-state index is 13.3. The highest BCUT2D eigenvalue weighted by Crippen LogP contribution is 2.36. The summed E-state index contributed by atoms with van der Waals surface area (Å²) in [6, 6.07) is 16.0. The van der Waals surface area contributed by atoms with Gasteiger partial charge in [-0.25, -0.2) is 4.68 Å². The van der Waals surface area contributed by atoms with Gasteiger partial charge in [0.15, 0.2) is 0 Å². The van der Waals surface area contributed by atoms with Gasteiger partial charge in [0.25, 0.3) is 5.91 Å². The Balaban J connectivity index is 1.53. The van der Waals surface area contributed by atoms with E-state index in [1.54, 1.807) is 4.90 Å². The molecule has 0 radical (unpaired) electrons. The molecule has 8 heteroatoms. The van der Waals surface area contributed by atoms with Gasteiger partial charge in [-0.2, -0.15) is 5.10 Å². The molecule has 2 aliphatic heterocycles. The van der Waals surface area contributed by atoms with Crippen molar-refractivity contribution in [2.45, 2.75) is 32.8 Å². The largest absolute Gasteiger partial charge is 0.494 e. The standard InChI is InChI=1S/C27H27N3O3S2/c1-3-32-21-11-12-23(18(2)14-21)25-19(16-30(28-25)20-8-5-4-6-9-20)15-24-26(31)29(27(34)35-24)17-22-10-7-13-33-22/h4-6,8-9,11-12,14-16,22H,3,7,10,13,17H2,1-2H3/b24-15-/t22-/m0/s1. The third-order valence-electron chi connectivity index (χ3n) is 6.10. The van der Waals surface area contributed by atoms with Crippen LogP contribution < -0.4 is 4.74 Å². The number of hydrogen-bond donors (Lipinski definition) is 0. The van der Waals surface area contributed by atoms with Gasteiger partial charge in [0.05, 0.1) is 29.8 Å². The van der Waals surface area contributed by atoms with Crippen LogP contribution in [0.3, 0.4) is 0 Å². The number of carbonyl (C=O) groups excluding carboxylic acids is 1. The van der Waals surface area contributed by atoms with Crippen molar-refractivity contribution in [1.82, 2.24) is 14.7 Å². The van der Waals surface area contributed by atoms with Crippen LogP contribution in [0.15, 0.2) is 59.6 Å². The number of carbonyl (C=O) groups is 1. The first-order chi connectivity index (χ1) is 17.0. The number of rotatable bonds is 7. The number of benzene rings is 2. The Morgan fingerprint density at radius 3 is 2.80 bits per heavy atom. The summed E-state index contributed by atoms with van der Waals surface area (Å²) in [4.78, 5) is 15.5. The highest BCUT2D eigenvalue weighted by atomic mass is 32.2. The van der Waals surface area contributed by atoms with E-state index >= 15 is 0 Å². The van der Waals surface area contributed by atoms with Crippen LogP contribution in [-0.4, -0.2) is 50.8 Å². The van der Waals surface area contributed by atoms with Gasteiger partial charge >= 0.3 is 0 Å². The number of thioether (sulfide) groups is 1. The van der Waals surface area contributed by atoms with E-state index in [0.717, 1.165) is 53.3 Å². The SMILES string of the molecule is CCOc1ccc(-c2nn(-c3ccccc3)cc2/C=C2\SC(=S)N(C[C@@H]3CCCO3)C2=O)c(C)c1. The fourth-order valence-electron chi connectivity index (χ4n) is 4.36. The topological polar surface area (TPSA) is 56.6 Å². The molecule has 5 rings (SSSR count). The summed E-state index contributed by atoms with van der Waals surface area (Å²) >= 11 is 6.89. The van der Waals surface area contributed by atoms with Crippen LogP contribution in [0.1, 0.15) is 30.9 Å². The molecule has 0 N–H and O–H groups in total. The first kappa shape index (κ1) is 23.8. The van der Waals surface area contributed by atoms with Crippen molar-refractivity contribution in [3.8, 4) is 22.7 Å². The number of aromatic nitrogens is 2. The van der Waals surface area contributed by atoms with Gasteiger partial charge in [-0.05, 0) is 68.7 Å². The second-order valence-electron chi connectivity index (χ2n) is 8.55. The summed E-state index contributed by atoms with van der Waals surface area (Å²) in [5.74, 6) is 0.755. The molecule has 6 nitrogen and oxygen atoms in total. The number of nitrogens with zero attached hydrogens (tertiary/aromatic N) is 3. The number of aryl methyl sites for hydroxylation is 1. The van der Waals surface area contributed by atoms with Crippen LogP contribution in [0.5, 0.6) is 5.75 Å². The van der Waals surface area contributed by atoms with E-state index in [9.17, 15) is 4.79 Å². The maximum absolute atomic E-state index is 13.3. The smallest absolute Gasteiger partial charge is 0.266 e. The van der Waals surface area contributed by atoms with Crippen molar-refractivity contribution in [1.29, 1.82) is 0 Å². The van der Waals surface area contributed by atoms with Gasteiger partial charge in [-0.1, -0.05) is 42.2 Å². The summed E-state index contributed by atoms with van der Waals surface area (Å²) < 4.78 is 13.8. The highest BCUT2D eigenvalue weighted by molar-refractivity contribution is 8.26. The van der Waals surface area contributed by atoms with Crippen LogP contribution in [0.2, 0.25) is 0 Å². The number of para-hydroxylation sites is 1. The second-order valence-corrected chi connectivity index (χ2v) is 10.2. The number of thiocarbonyl (C=S) groups is 1. The van der Waals surface area contributed by atoms with Crippen molar-refractivity contribution in [2.24, 2.45) is 0 Å². The molecule has 1 amide bonds. The Hall–Kier alpha value is -2.94. The van der Waals surface area contributed by atoms with E-state index in [4.69, 9.17) is 26.8 Å². The molecule has 2 saturated heterocycles. The fourth-order valence-corrected chi connectivity index (χ4v) is 5.63. The van der Waals surface area contributed by atoms with Crippen LogP contribution >= 0.6 is 24.0 Å². The summed E-state index contributed by atoms with van der Waals surface area (Å²) in [6.07, 6.45) is 5.92. The summed E-state index contributed by atoms with van der Waals surface area (Å²) in [5, 5.41) is 4.92. The Bertz CT molecular complexity index is 1280. The average Bonchev–Trinajstić information content (AvgIpc) is 3.58. The quantitative estimate of drug-likeness (QED) is 0.307. The zero-order valence-corrected chi connectivity index (χ0v) is 21.4. The van der Waals surface area contributed by atoms with Crippen LogP contribution in [0.4, 0.5) is 0 Å². The fraction of sp³-hybridized carbons (Fsp3) is 0.296. The third kappa shape index (κ3) is 5.05. The summed E-state index contributed by atoms with van der Waals surface area (Å²) in [6.45, 7) is 5.89. The lowest BCUT2D eigenvalue weighted by Gasteiger charge is -2.18. The van der Waals surface area contributed by atoms with E-state index in [0.29, 0.717) is 22.4 Å². The molecule has 0 bridgehead atoms. The van der Waals surface area contributed by atoms with Gasteiger partial charge in [-0.15, -0.1) is 0 Å². The van der Waals surface area contributed by atoms with Crippen LogP contribution in [-0.2, 0) is 9.53 Å². The minimum atomic E-state index is -0.0719. The van der Waals surface area contributed by atoms with Crippen molar-refractivity contribution in [2.75, 3.05) is 19.8 Å². The monoisotopic (exact) mass is 505 g/mol. The molecule has 3 aromatic rings. The molecule has 0 saturated carbocycles. The molecule has 180 valence electrons. The zero-order chi connectivity index (χ0) is 24.4. The van der Waals surface area contributed by atoms with Gasteiger partial charge < -0.3 is 9.47 Å².